The summed E-state index contributed by atoms with van der Waals surface area (Å²) in [6.45, 7) is 7.58. The number of nitriles is 1. The Morgan fingerprint density at radius 2 is 1.95 bits per heavy atom. The highest BCUT2D eigenvalue weighted by Crippen LogP contribution is 2.16. The van der Waals surface area contributed by atoms with Crippen LogP contribution in [0, 0.1) is 23.7 Å². The highest BCUT2D eigenvalue weighted by Gasteiger charge is 2.20. The number of hydrogen-bond acceptors (Lipinski definition) is 3. The summed E-state index contributed by atoms with van der Waals surface area (Å²) in [5, 5.41) is 8.72. The van der Waals surface area contributed by atoms with Gasteiger partial charge in [0.05, 0.1) is 12.5 Å². The molecule has 0 unspecified atom stereocenters. The lowest BCUT2D eigenvalue weighted by molar-refractivity contribution is -0.125. The summed E-state index contributed by atoms with van der Waals surface area (Å²) in [5.41, 5.74) is 1.42. The van der Waals surface area contributed by atoms with Crippen molar-refractivity contribution in [1.82, 2.24) is 4.57 Å². The van der Waals surface area contributed by atoms with Crippen LogP contribution < -0.4 is 4.80 Å². The van der Waals surface area contributed by atoms with Gasteiger partial charge in [-0.2, -0.15) is 10.3 Å². The molecule has 0 aliphatic rings. The molecule has 5 heteroatoms. The third-order valence-electron chi connectivity index (χ3n) is 3.11. The average Bonchev–Trinajstić information content (AvgIpc) is 2.80. The van der Waals surface area contributed by atoms with Crippen LogP contribution in [-0.4, -0.2) is 10.5 Å². The third-order valence-corrected chi connectivity index (χ3v) is 4.00. The zero-order chi connectivity index (χ0) is 16.3. The third kappa shape index (κ3) is 3.71. The number of hydrogen-bond donors (Lipinski definition) is 0. The molecule has 0 aliphatic heterocycles. The van der Waals surface area contributed by atoms with Crippen LogP contribution in [0.3, 0.4) is 0 Å². The molecule has 0 atom stereocenters. The molecule has 0 radical (unpaired) electrons. The van der Waals surface area contributed by atoms with Crippen LogP contribution in [0.2, 0.25) is 0 Å². The number of thiazole rings is 1. The van der Waals surface area contributed by atoms with Gasteiger partial charge in [-0.25, -0.2) is 0 Å². The van der Waals surface area contributed by atoms with Crippen molar-refractivity contribution in [2.45, 2.75) is 34.1 Å². The fourth-order valence-corrected chi connectivity index (χ4v) is 2.67. The summed E-state index contributed by atoms with van der Waals surface area (Å²) in [5.74, 6) is -0.135. The Labute approximate surface area is 134 Å². The number of amides is 1. The highest BCUT2D eigenvalue weighted by atomic mass is 32.1. The van der Waals surface area contributed by atoms with Crippen molar-refractivity contribution in [2.75, 3.05) is 0 Å². The Morgan fingerprint density at radius 1 is 1.32 bits per heavy atom. The van der Waals surface area contributed by atoms with Crippen LogP contribution in [0.5, 0.6) is 0 Å². The van der Waals surface area contributed by atoms with Gasteiger partial charge in [-0.15, -0.1) is 11.3 Å². The fourth-order valence-electron chi connectivity index (χ4n) is 1.84. The second-order valence-corrected chi connectivity index (χ2v) is 7.38. The fraction of sp³-hybridized carbons (Fsp3) is 0.353. The maximum atomic E-state index is 12.2. The number of nitrogens with zero attached hydrogens (tertiary/aromatic N) is 3. The molecule has 1 amide bonds. The lowest BCUT2D eigenvalue weighted by Gasteiger charge is -2.11. The molecule has 2 aromatic rings. The molecule has 2 rings (SSSR count). The van der Waals surface area contributed by atoms with Crippen molar-refractivity contribution in [2.24, 2.45) is 10.4 Å². The van der Waals surface area contributed by atoms with Crippen LogP contribution in [0.15, 0.2) is 35.5 Å². The van der Waals surface area contributed by atoms with Crippen LogP contribution in [0.1, 0.15) is 31.2 Å². The Kier molecular flexibility index (Phi) is 4.62. The van der Waals surface area contributed by atoms with E-state index in [1.165, 1.54) is 11.3 Å². The summed E-state index contributed by atoms with van der Waals surface area (Å²) in [6, 6.07) is 9.87. The number of carbonyl (C=O) groups is 1. The molecular formula is C17H19N3OS. The summed E-state index contributed by atoms with van der Waals surface area (Å²) < 4.78 is 1.92. The normalized spacial score (nSPS) is 12.2. The van der Waals surface area contributed by atoms with Gasteiger partial charge in [-0.1, -0.05) is 32.9 Å². The zero-order valence-electron chi connectivity index (χ0n) is 13.3. The summed E-state index contributed by atoms with van der Waals surface area (Å²) in [6.07, 6.45) is 2.37. The second kappa shape index (κ2) is 6.29. The Hall–Kier alpha value is -2.19. The molecule has 0 fully saturated rings. The van der Waals surface area contributed by atoms with E-state index in [2.05, 4.69) is 11.1 Å². The zero-order valence-corrected chi connectivity index (χ0v) is 14.1. The van der Waals surface area contributed by atoms with Crippen molar-refractivity contribution in [3.05, 3.63) is 45.7 Å². The van der Waals surface area contributed by atoms with E-state index in [1.807, 2.05) is 62.7 Å². The first kappa shape index (κ1) is 16.2. The van der Waals surface area contributed by atoms with Gasteiger partial charge in [0.25, 0.3) is 5.91 Å². The van der Waals surface area contributed by atoms with Gasteiger partial charge >= 0.3 is 0 Å². The minimum atomic E-state index is -0.494. The van der Waals surface area contributed by atoms with Crippen molar-refractivity contribution in [3.8, 4) is 11.8 Å². The van der Waals surface area contributed by atoms with Gasteiger partial charge in [0.1, 0.15) is 0 Å². The number of rotatable bonds is 2. The van der Waals surface area contributed by atoms with Gasteiger partial charge in [0.15, 0.2) is 4.80 Å². The van der Waals surface area contributed by atoms with Gasteiger partial charge in [0.2, 0.25) is 0 Å². The molecule has 1 aromatic carbocycles. The quantitative estimate of drug-likeness (QED) is 0.853. The number of carbonyl (C=O) groups excluding carboxylic acids is 1. The molecular weight excluding hydrogens is 294 g/mol. The van der Waals surface area contributed by atoms with E-state index in [0.717, 1.165) is 16.1 Å². The molecule has 0 bridgehead atoms. The SMILES string of the molecule is Cc1cn(-c2ccc(CC#N)cc2)c(=NC(=O)C(C)(C)C)s1. The van der Waals surface area contributed by atoms with Crippen LogP contribution in [0.25, 0.3) is 5.69 Å². The van der Waals surface area contributed by atoms with Crippen LogP contribution in [-0.2, 0) is 11.2 Å². The minimum absolute atomic E-state index is 0.135. The number of aryl methyl sites for hydroxylation is 1. The van der Waals surface area contributed by atoms with Crippen LogP contribution >= 0.6 is 11.3 Å². The molecule has 22 heavy (non-hydrogen) atoms. The molecule has 1 aromatic heterocycles. The second-order valence-electron chi connectivity index (χ2n) is 6.16. The molecule has 0 aliphatic carbocycles. The monoisotopic (exact) mass is 313 g/mol. The maximum Gasteiger partial charge on any atom is 0.253 e. The first-order valence-corrected chi connectivity index (χ1v) is 7.87. The molecule has 1 heterocycles. The lowest BCUT2D eigenvalue weighted by atomic mass is 9.96. The van der Waals surface area contributed by atoms with Crippen molar-refractivity contribution in [3.63, 3.8) is 0 Å². The molecule has 114 valence electrons. The molecule has 0 N–H and O–H groups in total. The minimum Gasteiger partial charge on any atom is -0.292 e. The van der Waals surface area contributed by atoms with Gasteiger partial charge < -0.3 is 0 Å². The first-order valence-electron chi connectivity index (χ1n) is 7.06. The maximum absolute atomic E-state index is 12.2. The predicted molar refractivity (Wildman–Crippen MR) is 87.7 cm³/mol. The summed E-state index contributed by atoms with van der Waals surface area (Å²) in [4.78, 5) is 18.2. The molecule has 0 saturated carbocycles. The summed E-state index contributed by atoms with van der Waals surface area (Å²) in [7, 11) is 0. The van der Waals surface area contributed by atoms with E-state index in [4.69, 9.17) is 5.26 Å². The Morgan fingerprint density at radius 3 is 2.50 bits per heavy atom. The van der Waals surface area contributed by atoms with E-state index >= 15 is 0 Å². The highest BCUT2D eigenvalue weighted by molar-refractivity contribution is 7.09. The predicted octanol–water partition coefficient (Wildman–Crippen LogP) is 3.39. The van der Waals surface area contributed by atoms with E-state index in [-0.39, 0.29) is 5.91 Å². The van der Waals surface area contributed by atoms with Crippen molar-refractivity contribution >= 4 is 17.2 Å². The largest absolute Gasteiger partial charge is 0.292 e. The Balaban J connectivity index is 2.47. The van der Waals surface area contributed by atoms with E-state index in [9.17, 15) is 4.79 Å². The van der Waals surface area contributed by atoms with Crippen molar-refractivity contribution in [1.29, 1.82) is 5.26 Å². The smallest absolute Gasteiger partial charge is 0.253 e. The summed E-state index contributed by atoms with van der Waals surface area (Å²) >= 11 is 1.49. The average molecular weight is 313 g/mol. The van der Waals surface area contributed by atoms with E-state index in [0.29, 0.717) is 11.2 Å². The Bertz CT molecular complexity index is 783. The topological polar surface area (TPSA) is 58.1 Å². The molecule has 4 nitrogen and oxygen atoms in total. The van der Waals surface area contributed by atoms with Gasteiger partial charge in [-0.3, -0.25) is 9.36 Å². The number of aromatic nitrogens is 1. The van der Waals surface area contributed by atoms with E-state index < -0.39 is 5.41 Å². The lowest BCUT2D eigenvalue weighted by Crippen LogP contribution is -2.22. The van der Waals surface area contributed by atoms with Crippen molar-refractivity contribution < 1.29 is 4.79 Å². The van der Waals surface area contributed by atoms with Crippen LogP contribution in [0.4, 0.5) is 0 Å². The standard InChI is InChI=1S/C17H19N3OS/c1-12-11-20(14-7-5-13(6-8-14)9-10-18)16(22-12)19-15(21)17(2,3)4/h5-8,11H,9H2,1-4H3. The molecule has 0 saturated heterocycles. The van der Waals surface area contributed by atoms with Gasteiger partial charge in [-0.05, 0) is 24.6 Å². The number of benzene rings is 1. The molecule has 0 spiro atoms. The van der Waals surface area contributed by atoms with E-state index in [1.54, 1.807) is 0 Å². The van der Waals surface area contributed by atoms with Gasteiger partial charge in [0, 0.05) is 22.2 Å². The first-order chi connectivity index (χ1) is 10.3.